The van der Waals surface area contributed by atoms with E-state index in [0.717, 1.165) is 4.90 Å². The number of carbonyl (C=O) groups excluding carboxylic acids is 2. The molecule has 0 atom stereocenters. The average molecular weight is 227 g/mol. The van der Waals surface area contributed by atoms with Gasteiger partial charge in [-0.25, -0.2) is 9.69 Å². The minimum Gasteiger partial charge on any atom is -0.284 e. The zero-order chi connectivity index (χ0) is 11.0. The van der Waals surface area contributed by atoms with E-state index in [2.05, 4.69) is 0 Å². The summed E-state index contributed by atoms with van der Waals surface area (Å²) >= 11 is 5.67. The van der Waals surface area contributed by atoms with Crippen molar-refractivity contribution in [2.24, 2.45) is 0 Å². The number of halogens is 1. The van der Waals surface area contributed by atoms with Crippen LogP contribution in [0.2, 0.25) is 5.02 Å². The van der Waals surface area contributed by atoms with Gasteiger partial charge in [0, 0.05) is 5.02 Å². The molecule has 1 aliphatic heterocycles. The van der Waals surface area contributed by atoms with Gasteiger partial charge in [0.25, 0.3) is 5.91 Å². The summed E-state index contributed by atoms with van der Waals surface area (Å²) in [5.74, 6) is -0.468. The molecule has 0 radical (unpaired) electrons. The van der Waals surface area contributed by atoms with Crippen molar-refractivity contribution in [3.05, 3.63) is 29.3 Å². The van der Waals surface area contributed by atoms with E-state index in [0.29, 0.717) is 15.8 Å². The number of anilines is 1. The van der Waals surface area contributed by atoms with E-state index in [-0.39, 0.29) is 6.54 Å². The lowest BCUT2D eigenvalue weighted by Crippen LogP contribution is -2.31. The molecular weight excluding hydrogens is 220 g/mol. The molecule has 15 heavy (non-hydrogen) atoms. The highest BCUT2D eigenvalue weighted by atomic mass is 35.5. The third kappa shape index (κ3) is 1.67. The summed E-state index contributed by atoms with van der Waals surface area (Å²) in [7, 11) is 0. The number of hydrogen-bond donors (Lipinski definition) is 1. The van der Waals surface area contributed by atoms with E-state index >= 15 is 0 Å². The number of carbonyl (C=O) groups is 2. The molecule has 3 amide bonds. The van der Waals surface area contributed by atoms with Crippen LogP contribution in [0.15, 0.2) is 24.3 Å². The Morgan fingerprint density at radius 2 is 1.80 bits per heavy atom. The lowest BCUT2D eigenvalue weighted by atomic mass is 10.3. The highest BCUT2D eigenvalue weighted by Gasteiger charge is 2.36. The summed E-state index contributed by atoms with van der Waals surface area (Å²) in [6.45, 7) is -0.318. The van der Waals surface area contributed by atoms with Gasteiger partial charge in [-0.3, -0.25) is 10.0 Å². The largest absolute Gasteiger partial charge is 0.355 e. The van der Waals surface area contributed by atoms with E-state index in [1.165, 1.54) is 12.1 Å². The standard InChI is InChI=1S/C9H7ClN2O3/c10-6-1-3-7(4-2-6)12-8(13)5-11(15)9(12)14/h1-4,15H,5H2. The maximum absolute atomic E-state index is 11.4. The van der Waals surface area contributed by atoms with E-state index in [4.69, 9.17) is 16.8 Å². The third-order valence-corrected chi connectivity index (χ3v) is 2.28. The maximum atomic E-state index is 11.4. The van der Waals surface area contributed by atoms with E-state index in [9.17, 15) is 9.59 Å². The van der Waals surface area contributed by atoms with Crippen molar-refractivity contribution in [3.8, 4) is 0 Å². The van der Waals surface area contributed by atoms with Gasteiger partial charge < -0.3 is 0 Å². The fraction of sp³-hybridized carbons (Fsp3) is 0.111. The summed E-state index contributed by atoms with van der Waals surface area (Å²) in [6.07, 6.45) is 0. The second kappa shape index (κ2) is 3.52. The molecule has 5 nitrogen and oxygen atoms in total. The fourth-order valence-corrected chi connectivity index (χ4v) is 1.46. The number of amides is 3. The van der Waals surface area contributed by atoms with Crippen LogP contribution in [0.4, 0.5) is 10.5 Å². The molecule has 0 saturated carbocycles. The second-order valence-corrected chi connectivity index (χ2v) is 3.48. The molecule has 78 valence electrons. The first kappa shape index (κ1) is 9.95. The predicted molar refractivity (Wildman–Crippen MR) is 52.8 cm³/mol. The molecule has 0 aliphatic carbocycles. The Morgan fingerprint density at radius 1 is 1.20 bits per heavy atom. The Kier molecular flexibility index (Phi) is 2.34. The second-order valence-electron chi connectivity index (χ2n) is 3.05. The highest BCUT2D eigenvalue weighted by molar-refractivity contribution is 6.30. The Bertz CT molecular complexity index is 418. The first-order chi connectivity index (χ1) is 7.09. The van der Waals surface area contributed by atoms with E-state index in [1.54, 1.807) is 12.1 Å². The Hall–Kier alpha value is -1.59. The molecule has 1 aliphatic rings. The third-order valence-electron chi connectivity index (χ3n) is 2.03. The summed E-state index contributed by atoms with van der Waals surface area (Å²) in [6, 6.07) is 5.46. The lowest BCUT2D eigenvalue weighted by molar-refractivity contribution is -0.120. The van der Waals surface area contributed by atoms with Crippen LogP contribution in [-0.2, 0) is 4.79 Å². The lowest BCUT2D eigenvalue weighted by Gasteiger charge is -2.12. The van der Waals surface area contributed by atoms with Crippen LogP contribution in [0.1, 0.15) is 0 Å². The molecule has 1 fully saturated rings. The summed E-state index contributed by atoms with van der Waals surface area (Å²) in [5, 5.41) is 9.93. The Labute approximate surface area is 90.4 Å². The van der Waals surface area contributed by atoms with Crippen molar-refractivity contribution in [2.45, 2.75) is 0 Å². The van der Waals surface area contributed by atoms with Crippen LogP contribution >= 0.6 is 11.6 Å². The maximum Gasteiger partial charge on any atom is 0.355 e. The average Bonchev–Trinajstić information content (AvgIpc) is 2.44. The number of nitrogens with zero attached hydrogens (tertiary/aromatic N) is 2. The number of benzene rings is 1. The van der Waals surface area contributed by atoms with Gasteiger partial charge in [0.1, 0.15) is 6.54 Å². The fourth-order valence-electron chi connectivity index (χ4n) is 1.33. The zero-order valence-electron chi connectivity index (χ0n) is 7.55. The summed E-state index contributed by atoms with van der Waals surface area (Å²) in [5.41, 5.74) is 0.394. The molecule has 1 aromatic rings. The Balaban J connectivity index is 2.35. The molecule has 0 bridgehead atoms. The first-order valence-corrected chi connectivity index (χ1v) is 4.56. The monoisotopic (exact) mass is 226 g/mol. The van der Waals surface area contributed by atoms with Gasteiger partial charge in [-0.05, 0) is 24.3 Å². The smallest absolute Gasteiger partial charge is 0.284 e. The molecule has 0 aromatic heterocycles. The van der Waals surface area contributed by atoms with Gasteiger partial charge in [-0.2, -0.15) is 5.06 Å². The number of rotatable bonds is 1. The van der Waals surface area contributed by atoms with Crippen LogP contribution in [0, 0.1) is 0 Å². The van der Waals surface area contributed by atoms with Gasteiger partial charge in [0.05, 0.1) is 5.69 Å². The van der Waals surface area contributed by atoms with Crippen molar-refractivity contribution in [1.29, 1.82) is 0 Å². The minimum absolute atomic E-state index is 0.318. The van der Waals surface area contributed by atoms with Crippen LogP contribution in [0.3, 0.4) is 0 Å². The minimum atomic E-state index is -0.748. The molecule has 0 unspecified atom stereocenters. The highest BCUT2D eigenvalue weighted by Crippen LogP contribution is 2.22. The molecule has 1 aromatic carbocycles. The molecule has 1 heterocycles. The van der Waals surface area contributed by atoms with Crippen molar-refractivity contribution >= 4 is 29.2 Å². The predicted octanol–water partition coefficient (Wildman–Crippen LogP) is 1.50. The number of imide groups is 1. The topological polar surface area (TPSA) is 60.9 Å². The molecule has 1 N–H and O–H groups in total. The van der Waals surface area contributed by atoms with Gasteiger partial charge in [-0.1, -0.05) is 11.6 Å². The molecule has 0 spiro atoms. The first-order valence-electron chi connectivity index (χ1n) is 4.18. The van der Waals surface area contributed by atoms with E-state index < -0.39 is 11.9 Å². The number of hydrogen-bond acceptors (Lipinski definition) is 3. The number of hydroxylamine groups is 2. The normalized spacial score (nSPS) is 16.4. The molecule has 1 saturated heterocycles. The molecule has 6 heteroatoms. The van der Waals surface area contributed by atoms with Crippen LogP contribution in [0.25, 0.3) is 0 Å². The van der Waals surface area contributed by atoms with Crippen molar-refractivity contribution in [1.82, 2.24) is 5.06 Å². The van der Waals surface area contributed by atoms with E-state index in [1.807, 2.05) is 0 Å². The van der Waals surface area contributed by atoms with Gasteiger partial charge in [-0.15, -0.1) is 0 Å². The van der Waals surface area contributed by atoms with Gasteiger partial charge >= 0.3 is 6.03 Å². The summed E-state index contributed by atoms with van der Waals surface area (Å²) in [4.78, 5) is 23.6. The van der Waals surface area contributed by atoms with Crippen molar-refractivity contribution < 1.29 is 14.8 Å². The van der Waals surface area contributed by atoms with Crippen molar-refractivity contribution in [3.63, 3.8) is 0 Å². The van der Waals surface area contributed by atoms with Crippen LogP contribution in [0.5, 0.6) is 0 Å². The Morgan fingerprint density at radius 3 is 2.27 bits per heavy atom. The van der Waals surface area contributed by atoms with Gasteiger partial charge in [0.2, 0.25) is 0 Å². The molecular formula is C9H7ClN2O3. The zero-order valence-corrected chi connectivity index (χ0v) is 8.31. The molecule has 2 rings (SSSR count). The van der Waals surface area contributed by atoms with Gasteiger partial charge in [0.15, 0.2) is 0 Å². The van der Waals surface area contributed by atoms with Crippen LogP contribution < -0.4 is 4.90 Å². The van der Waals surface area contributed by atoms with Crippen molar-refractivity contribution in [2.75, 3.05) is 11.4 Å². The SMILES string of the molecule is O=C1CN(O)C(=O)N1c1ccc(Cl)cc1. The number of urea groups is 1. The quantitative estimate of drug-likeness (QED) is 0.583. The summed E-state index contributed by atoms with van der Waals surface area (Å²) < 4.78 is 0. The van der Waals surface area contributed by atoms with Crippen LogP contribution in [-0.4, -0.2) is 28.8 Å².